The summed E-state index contributed by atoms with van der Waals surface area (Å²) < 4.78 is 0. The molecular weight excluding hydrogens is 288 g/mol. The van der Waals surface area contributed by atoms with Crippen LogP contribution in [0.1, 0.15) is 86.1 Å². The van der Waals surface area contributed by atoms with E-state index in [-0.39, 0.29) is 0 Å². The molecule has 0 aromatic heterocycles. The van der Waals surface area contributed by atoms with Gasteiger partial charge in [-0.3, -0.25) is 0 Å². The zero-order valence-electron chi connectivity index (χ0n) is 17.4. The second-order valence-electron chi connectivity index (χ2n) is 8.94. The van der Waals surface area contributed by atoms with Gasteiger partial charge >= 0.3 is 0 Å². The van der Waals surface area contributed by atoms with Gasteiger partial charge in [0.15, 0.2) is 0 Å². The van der Waals surface area contributed by atoms with Crippen molar-refractivity contribution >= 4 is 0 Å². The summed E-state index contributed by atoms with van der Waals surface area (Å²) in [5.74, 6) is 3.11. The molecule has 0 radical (unpaired) electrons. The number of benzene rings is 1. The second-order valence-corrected chi connectivity index (χ2v) is 8.94. The summed E-state index contributed by atoms with van der Waals surface area (Å²) in [6.07, 6.45) is 6.46. The molecule has 2 rings (SSSR count). The van der Waals surface area contributed by atoms with Gasteiger partial charge in [-0.2, -0.15) is 0 Å². The van der Waals surface area contributed by atoms with Gasteiger partial charge in [-0.1, -0.05) is 90.4 Å². The lowest BCUT2D eigenvalue weighted by Gasteiger charge is -2.39. The van der Waals surface area contributed by atoms with Crippen molar-refractivity contribution in [1.29, 1.82) is 0 Å². The van der Waals surface area contributed by atoms with Crippen LogP contribution in [0.2, 0.25) is 0 Å². The summed E-state index contributed by atoms with van der Waals surface area (Å²) in [6.45, 7) is 18.6. The van der Waals surface area contributed by atoms with Gasteiger partial charge in [0.1, 0.15) is 0 Å². The largest absolute Gasteiger partial charge is 0.0853 e. The third-order valence-corrected chi connectivity index (χ3v) is 6.50. The maximum Gasteiger partial charge on any atom is -0.0167 e. The molecule has 0 aliphatic heterocycles. The molecule has 0 bridgehead atoms. The Balaban J connectivity index is 0.000000243. The van der Waals surface area contributed by atoms with Crippen molar-refractivity contribution in [3.05, 3.63) is 47.5 Å². The molecule has 0 heterocycles. The van der Waals surface area contributed by atoms with Crippen LogP contribution in [-0.2, 0) is 0 Å². The number of hydrogen-bond donors (Lipinski definition) is 0. The van der Waals surface area contributed by atoms with Crippen LogP contribution in [0.25, 0.3) is 0 Å². The highest BCUT2D eigenvalue weighted by Gasteiger charge is 2.32. The SMILES string of the molecule is CC(C)C(C)c1ccccc1.CC1=CCC(C(C)(C)C(C)C)CC1. The van der Waals surface area contributed by atoms with Crippen molar-refractivity contribution in [1.82, 2.24) is 0 Å². The van der Waals surface area contributed by atoms with E-state index >= 15 is 0 Å². The number of allylic oxidation sites excluding steroid dienone is 2. The molecule has 1 aromatic rings. The number of rotatable bonds is 4. The van der Waals surface area contributed by atoms with Gasteiger partial charge in [0.25, 0.3) is 0 Å². The summed E-state index contributed by atoms with van der Waals surface area (Å²) in [4.78, 5) is 0. The van der Waals surface area contributed by atoms with E-state index in [0.29, 0.717) is 11.3 Å². The first-order valence-corrected chi connectivity index (χ1v) is 9.86. The normalized spacial score (nSPS) is 19.6. The predicted octanol–water partition coefficient (Wildman–Crippen LogP) is 7.86. The third-order valence-electron chi connectivity index (χ3n) is 6.50. The van der Waals surface area contributed by atoms with Gasteiger partial charge in [-0.25, -0.2) is 0 Å². The molecule has 1 aliphatic carbocycles. The van der Waals surface area contributed by atoms with Crippen molar-refractivity contribution in [2.45, 2.75) is 80.6 Å². The summed E-state index contributed by atoms with van der Waals surface area (Å²) in [5, 5.41) is 0. The van der Waals surface area contributed by atoms with Crippen molar-refractivity contribution in [2.75, 3.05) is 0 Å². The minimum atomic E-state index is 0.511. The van der Waals surface area contributed by atoms with Crippen LogP contribution in [0.5, 0.6) is 0 Å². The first-order chi connectivity index (χ1) is 11.2. The van der Waals surface area contributed by atoms with Gasteiger partial charge < -0.3 is 0 Å². The molecule has 0 saturated carbocycles. The molecule has 0 fully saturated rings. The first kappa shape index (κ1) is 21.0. The lowest BCUT2D eigenvalue weighted by molar-refractivity contribution is 0.126. The summed E-state index contributed by atoms with van der Waals surface area (Å²) in [6, 6.07) is 10.7. The molecule has 136 valence electrons. The van der Waals surface area contributed by atoms with Gasteiger partial charge in [0.05, 0.1) is 0 Å². The highest BCUT2D eigenvalue weighted by molar-refractivity contribution is 5.19. The maximum atomic E-state index is 2.44. The van der Waals surface area contributed by atoms with E-state index in [1.807, 2.05) is 0 Å². The van der Waals surface area contributed by atoms with Gasteiger partial charge in [-0.05, 0) is 60.8 Å². The van der Waals surface area contributed by atoms with Gasteiger partial charge in [0.2, 0.25) is 0 Å². The van der Waals surface area contributed by atoms with E-state index in [1.54, 1.807) is 5.57 Å². The molecule has 0 spiro atoms. The zero-order valence-corrected chi connectivity index (χ0v) is 17.4. The second kappa shape index (κ2) is 9.44. The van der Waals surface area contributed by atoms with Crippen LogP contribution in [0.3, 0.4) is 0 Å². The molecule has 0 heteroatoms. The fourth-order valence-corrected chi connectivity index (χ4v) is 3.25. The van der Waals surface area contributed by atoms with Gasteiger partial charge in [0, 0.05) is 0 Å². The quantitative estimate of drug-likeness (QED) is 0.493. The summed E-state index contributed by atoms with van der Waals surface area (Å²) in [5.41, 5.74) is 3.55. The average molecular weight is 329 g/mol. The Hall–Kier alpha value is -1.04. The topological polar surface area (TPSA) is 0 Å². The Bertz CT molecular complexity index is 490. The molecular formula is C24H40. The zero-order chi connectivity index (χ0) is 18.3. The van der Waals surface area contributed by atoms with Gasteiger partial charge in [-0.15, -0.1) is 0 Å². The standard InChI is InChI=1S/C13H24.C11H16/c1-10(2)13(4,5)12-8-6-11(3)7-9-12;1-9(2)10(3)11-7-5-4-6-8-11/h6,10,12H,7-9H2,1-5H3;4-10H,1-3H3. The van der Waals surface area contributed by atoms with Crippen molar-refractivity contribution in [3.8, 4) is 0 Å². The van der Waals surface area contributed by atoms with E-state index in [1.165, 1.54) is 24.8 Å². The Morgan fingerprint density at radius 1 is 0.958 bits per heavy atom. The van der Waals surface area contributed by atoms with Crippen molar-refractivity contribution in [2.24, 2.45) is 23.2 Å². The van der Waals surface area contributed by atoms with E-state index in [4.69, 9.17) is 0 Å². The van der Waals surface area contributed by atoms with E-state index in [9.17, 15) is 0 Å². The van der Waals surface area contributed by atoms with Crippen molar-refractivity contribution < 1.29 is 0 Å². The molecule has 2 unspecified atom stereocenters. The van der Waals surface area contributed by atoms with Crippen LogP contribution < -0.4 is 0 Å². The molecule has 1 aliphatic rings. The van der Waals surface area contributed by atoms with E-state index in [2.05, 4.69) is 91.8 Å². The van der Waals surface area contributed by atoms with Crippen LogP contribution in [-0.4, -0.2) is 0 Å². The van der Waals surface area contributed by atoms with Crippen LogP contribution in [0.15, 0.2) is 42.0 Å². The summed E-state index contributed by atoms with van der Waals surface area (Å²) in [7, 11) is 0. The summed E-state index contributed by atoms with van der Waals surface area (Å²) >= 11 is 0. The minimum absolute atomic E-state index is 0.511. The molecule has 0 amide bonds. The highest BCUT2D eigenvalue weighted by Crippen LogP contribution is 2.42. The van der Waals surface area contributed by atoms with E-state index < -0.39 is 0 Å². The lowest BCUT2D eigenvalue weighted by Crippen LogP contribution is -2.30. The lowest BCUT2D eigenvalue weighted by atomic mass is 9.66. The maximum absolute atomic E-state index is 2.44. The van der Waals surface area contributed by atoms with Crippen LogP contribution in [0, 0.1) is 23.2 Å². The van der Waals surface area contributed by atoms with Crippen LogP contribution >= 0.6 is 0 Å². The predicted molar refractivity (Wildman–Crippen MR) is 109 cm³/mol. The minimum Gasteiger partial charge on any atom is -0.0853 e. The molecule has 1 aromatic carbocycles. The Labute approximate surface area is 151 Å². The van der Waals surface area contributed by atoms with Crippen molar-refractivity contribution in [3.63, 3.8) is 0 Å². The molecule has 0 saturated heterocycles. The Morgan fingerprint density at radius 2 is 1.54 bits per heavy atom. The molecule has 24 heavy (non-hydrogen) atoms. The smallest absolute Gasteiger partial charge is 0.0167 e. The molecule has 0 nitrogen and oxygen atoms in total. The van der Waals surface area contributed by atoms with E-state index in [0.717, 1.165) is 17.8 Å². The monoisotopic (exact) mass is 328 g/mol. The first-order valence-electron chi connectivity index (χ1n) is 9.86. The highest BCUT2D eigenvalue weighted by atomic mass is 14.4. The fourth-order valence-electron chi connectivity index (χ4n) is 3.25. The number of hydrogen-bond acceptors (Lipinski definition) is 0. The molecule has 0 N–H and O–H groups in total. The fraction of sp³-hybridized carbons (Fsp3) is 0.667. The Kier molecular flexibility index (Phi) is 8.27. The molecule has 2 atom stereocenters. The van der Waals surface area contributed by atoms with Crippen LogP contribution in [0.4, 0.5) is 0 Å². The average Bonchev–Trinajstić information content (AvgIpc) is 2.55. The third kappa shape index (κ3) is 6.11. The Morgan fingerprint density at radius 3 is 1.96 bits per heavy atom.